The molecular weight excluding hydrogens is 227 g/mol. The highest BCUT2D eigenvalue weighted by Gasteiger charge is 2.03. The second-order valence-electron chi connectivity index (χ2n) is 3.46. The molecule has 2 aromatic rings. The average Bonchev–Trinajstić information content (AvgIpc) is 2.20. The Labute approximate surface area is 98.1 Å². The lowest BCUT2D eigenvalue weighted by molar-refractivity contribution is 0.632. The first-order chi connectivity index (χ1) is 7.65. The van der Waals surface area contributed by atoms with Crippen LogP contribution in [-0.2, 0) is 0 Å². The van der Waals surface area contributed by atoms with E-state index in [0.717, 1.165) is 5.56 Å². The van der Waals surface area contributed by atoms with Crippen LogP contribution in [0.5, 0.6) is 0 Å². The van der Waals surface area contributed by atoms with Crippen molar-refractivity contribution >= 4 is 23.1 Å². The molecule has 1 heterocycles. The molecular formula is C12H10ClFN2. The van der Waals surface area contributed by atoms with E-state index in [-0.39, 0.29) is 5.82 Å². The number of rotatable bonds is 2. The van der Waals surface area contributed by atoms with Gasteiger partial charge < -0.3 is 5.32 Å². The van der Waals surface area contributed by atoms with Gasteiger partial charge in [-0.3, -0.25) is 0 Å². The molecule has 2 nitrogen and oxygen atoms in total. The van der Waals surface area contributed by atoms with Crippen molar-refractivity contribution in [2.45, 2.75) is 6.92 Å². The SMILES string of the molecule is Cc1cc(Cl)nc(Nc2ccccc2F)c1. The fraction of sp³-hybridized carbons (Fsp3) is 0.0833. The van der Waals surface area contributed by atoms with E-state index in [1.54, 1.807) is 30.3 Å². The van der Waals surface area contributed by atoms with Crippen LogP contribution in [0.4, 0.5) is 15.9 Å². The number of benzene rings is 1. The van der Waals surface area contributed by atoms with Gasteiger partial charge in [0.05, 0.1) is 5.69 Å². The lowest BCUT2D eigenvalue weighted by atomic mass is 10.2. The molecule has 0 aliphatic carbocycles. The summed E-state index contributed by atoms with van der Waals surface area (Å²) >= 11 is 5.81. The normalized spacial score (nSPS) is 10.2. The van der Waals surface area contributed by atoms with Gasteiger partial charge in [-0.05, 0) is 36.8 Å². The molecule has 2 rings (SSSR count). The number of para-hydroxylation sites is 1. The minimum atomic E-state index is -0.318. The third-order valence-electron chi connectivity index (χ3n) is 2.08. The molecule has 4 heteroatoms. The van der Waals surface area contributed by atoms with E-state index >= 15 is 0 Å². The van der Waals surface area contributed by atoms with Gasteiger partial charge in [0.2, 0.25) is 0 Å². The zero-order chi connectivity index (χ0) is 11.5. The predicted octanol–water partition coefficient (Wildman–Crippen LogP) is 3.93. The Balaban J connectivity index is 2.30. The summed E-state index contributed by atoms with van der Waals surface area (Å²) in [5.41, 5.74) is 1.36. The monoisotopic (exact) mass is 236 g/mol. The van der Waals surface area contributed by atoms with Gasteiger partial charge in [-0.15, -0.1) is 0 Å². The van der Waals surface area contributed by atoms with E-state index in [2.05, 4.69) is 10.3 Å². The van der Waals surface area contributed by atoms with Crippen molar-refractivity contribution in [1.29, 1.82) is 0 Å². The maximum atomic E-state index is 13.4. The predicted molar refractivity (Wildman–Crippen MR) is 63.7 cm³/mol. The van der Waals surface area contributed by atoms with Crippen LogP contribution in [0.25, 0.3) is 0 Å². The summed E-state index contributed by atoms with van der Waals surface area (Å²) in [4.78, 5) is 4.06. The molecule has 1 N–H and O–H groups in total. The highest BCUT2D eigenvalue weighted by Crippen LogP contribution is 2.20. The Hall–Kier alpha value is -1.61. The second kappa shape index (κ2) is 4.49. The van der Waals surface area contributed by atoms with Gasteiger partial charge in [0.25, 0.3) is 0 Å². The largest absolute Gasteiger partial charge is 0.338 e. The molecule has 0 spiro atoms. The lowest BCUT2D eigenvalue weighted by Gasteiger charge is -2.07. The van der Waals surface area contributed by atoms with E-state index in [4.69, 9.17) is 11.6 Å². The first-order valence-corrected chi connectivity index (χ1v) is 5.19. The Bertz CT molecular complexity index is 494. The first-order valence-electron chi connectivity index (χ1n) is 4.81. The van der Waals surface area contributed by atoms with Crippen molar-refractivity contribution in [2.75, 3.05) is 5.32 Å². The number of hydrogen-bond donors (Lipinski definition) is 1. The minimum Gasteiger partial charge on any atom is -0.338 e. The molecule has 82 valence electrons. The molecule has 16 heavy (non-hydrogen) atoms. The number of nitrogens with zero attached hydrogens (tertiary/aromatic N) is 1. The van der Waals surface area contributed by atoms with Gasteiger partial charge in [0, 0.05) is 0 Å². The fourth-order valence-corrected chi connectivity index (χ4v) is 1.65. The van der Waals surface area contributed by atoms with Crippen molar-refractivity contribution in [3.8, 4) is 0 Å². The van der Waals surface area contributed by atoms with Crippen molar-refractivity contribution in [1.82, 2.24) is 4.98 Å². The summed E-state index contributed by atoms with van der Waals surface area (Å²) in [7, 11) is 0. The van der Waals surface area contributed by atoms with Crippen LogP contribution < -0.4 is 5.32 Å². The zero-order valence-electron chi connectivity index (χ0n) is 8.67. The maximum Gasteiger partial charge on any atom is 0.146 e. The van der Waals surface area contributed by atoms with Crippen LogP contribution in [0.3, 0.4) is 0 Å². The number of hydrogen-bond acceptors (Lipinski definition) is 2. The Kier molecular flexibility index (Phi) is 3.06. The number of pyridine rings is 1. The first kappa shape index (κ1) is 10.9. The highest BCUT2D eigenvalue weighted by molar-refractivity contribution is 6.29. The Morgan fingerprint density at radius 2 is 2.00 bits per heavy atom. The topological polar surface area (TPSA) is 24.9 Å². The number of aromatic nitrogens is 1. The van der Waals surface area contributed by atoms with Crippen LogP contribution in [0.2, 0.25) is 5.15 Å². The quantitative estimate of drug-likeness (QED) is 0.800. The summed E-state index contributed by atoms with van der Waals surface area (Å²) in [6.07, 6.45) is 0. The highest BCUT2D eigenvalue weighted by atomic mass is 35.5. The molecule has 0 bridgehead atoms. The van der Waals surface area contributed by atoms with Gasteiger partial charge in [0.1, 0.15) is 16.8 Å². The van der Waals surface area contributed by atoms with E-state index < -0.39 is 0 Å². The van der Waals surface area contributed by atoms with Crippen molar-refractivity contribution in [2.24, 2.45) is 0 Å². The van der Waals surface area contributed by atoms with Crippen molar-refractivity contribution in [3.63, 3.8) is 0 Å². The van der Waals surface area contributed by atoms with E-state index in [1.165, 1.54) is 6.07 Å². The molecule has 0 saturated heterocycles. The molecule has 0 fully saturated rings. The summed E-state index contributed by atoms with van der Waals surface area (Å²) < 4.78 is 13.4. The maximum absolute atomic E-state index is 13.4. The van der Waals surface area contributed by atoms with Gasteiger partial charge in [-0.2, -0.15) is 0 Å². The standard InChI is InChI=1S/C12H10ClFN2/c1-8-6-11(13)16-12(7-8)15-10-5-3-2-4-9(10)14/h2-7H,1H3,(H,15,16). The van der Waals surface area contributed by atoms with E-state index in [9.17, 15) is 4.39 Å². The summed E-state index contributed by atoms with van der Waals surface area (Å²) in [5, 5.41) is 3.27. The number of aryl methyl sites for hydroxylation is 1. The molecule has 0 aliphatic heterocycles. The molecule has 0 saturated carbocycles. The van der Waals surface area contributed by atoms with Crippen molar-refractivity contribution in [3.05, 3.63) is 52.9 Å². The molecule has 0 amide bonds. The van der Waals surface area contributed by atoms with Crippen molar-refractivity contribution < 1.29 is 4.39 Å². The zero-order valence-corrected chi connectivity index (χ0v) is 9.42. The molecule has 1 aromatic carbocycles. The molecule has 0 unspecified atom stereocenters. The van der Waals surface area contributed by atoms with Crippen LogP contribution in [0.1, 0.15) is 5.56 Å². The third-order valence-corrected chi connectivity index (χ3v) is 2.27. The van der Waals surface area contributed by atoms with Gasteiger partial charge in [-0.25, -0.2) is 9.37 Å². The van der Waals surface area contributed by atoms with Gasteiger partial charge in [-0.1, -0.05) is 23.7 Å². The third kappa shape index (κ3) is 2.49. The number of anilines is 2. The van der Waals surface area contributed by atoms with Crippen LogP contribution in [0, 0.1) is 12.7 Å². The van der Waals surface area contributed by atoms with Crippen LogP contribution in [-0.4, -0.2) is 4.98 Å². The lowest BCUT2D eigenvalue weighted by Crippen LogP contribution is -1.96. The van der Waals surface area contributed by atoms with E-state index in [0.29, 0.717) is 16.7 Å². The average molecular weight is 237 g/mol. The second-order valence-corrected chi connectivity index (χ2v) is 3.84. The van der Waals surface area contributed by atoms with Gasteiger partial charge in [0.15, 0.2) is 0 Å². The Morgan fingerprint density at radius 3 is 2.69 bits per heavy atom. The summed E-state index contributed by atoms with van der Waals surface area (Å²) in [5.74, 6) is 0.219. The summed E-state index contributed by atoms with van der Waals surface area (Å²) in [6.45, 7) is 1.90. The smallest absolute Gasteiger partial charge is 0.146 e. The molecule has 0 aliphatic rings. The molecule has 1 aromatic heterocycles. The van der Waals surface area contributed by atoms with Gasteiger partial charge >= 0.3 is 0 Å². The Morgan fingerprint density at radius 1 is 1.25 bits per heavy atom. The minimum absolute atomic E-state index is 0.318. The van der Waals surface area contributed by atoms with E-state index in [1.807, 2.05) is 6.92 Å². The van der Waals surface area contributed by atoms with Crippen LogP contribution in [0.15, 0.2) is 36.4 Å². The number of halogens is 2. The molecule has 0 radical (unpaired) electrons. The number of nitrogens with one attached hydrogen (secondary N) is 1. The fourth-order valence-electron chi connectivity index (χ4n) is 1.39. The van der Waals surface area contributed by atoms with Crippen LogP contribution >= 0.6 is 11.6 Å². The molecule has 0 atom stereocenters. The summed E-state index contributed by atoms with van der Waals surface area (Å²) in [6, 6.07) is 9.97.